The average Bonchev–Trinajstić information content (AvgIpc) is 2.79. The van der Waals surface area contributed by atoms with Crippen molar-refractivity contribution in [2.24, 2.45) is 23.7 Å². The number of rotatable bonds is 6. The van der Waals surface area contributed by atoms with Gasteiger partial charge in [0.2, 0.25) is 0 Å². The van der Waals surface area contributed by atoms with Gasteiger partial charge in [-0.15, -0.1) is 6.58 Å². The van der Waals surface area contributed by atoms with Crippen molar-refractivity contribution in [1.29, 1.82) is 0 Å². The van der Waals surface area contributed by atoms with E-state index in [2.05, 4.69) is 49.1 Å². The van der Waals surface area contributed by atoms with Gasteiger partial charge in [-0.3, -0.25) is 0 Å². The SMILES string of the molecule is C=CC1CCC(C2CCC(CCc3ccc(-c4ccc(Cl)cc4)cc3)CC2)CC1. The van der Waals surface area contributed by atoms with Crippen LogP contribution in [0.1, 0.15) is 63.4 Å². The highest BCUT2D eigenvalue weighted by molar-refractivity contribution is 6.30. The lowest BCUT2D eigenvalue weighted by Gasteiger charge is -2.37. The molecule has 0 aliphatic heterocycles. The molecule has 0 amide bonds. The lowest BCUT2D eigenvalue weighted by molar-refractivity contribution is 0.153. The molecule has 0 bridgehead atoms. The molecule has 2 aromatic carbocycles. The summed E-state index contributed by atoms with van der Waals surface area (Å²) < 4.78 is 0. The molecule has 2 saturated carbocycles. The molecule has 2 aromatic rings. The Kier molecular flexibility index (Phi) is 7.14. The first kappa shape index (κ1) is 20.7. The number of benzene rings is 2. The maximum atomic E-state index is 6.00. The van der Waals surface area contributed by atoms with E-state index < -0.39 is 0 Å². The van der Waals surface area contributed by atoms with E-state index in [-0.39, 0.29) is 0 Å². The molecule has 0 heterocycles. The molecule has 2 aliphatic rings. The van der Waals surface area contributed by atoms with Crippen LogP contribution >= 0.6 is 11.6 Å². The van der Waals surface area contributed by atoms with Gasteiger partial charge in [-0.25, -0.2) is 0 Å². The lowest BCUT2D eigenvalue weighted by atomic mass is 9.68. The van der Waals surface area contributed by atoms with E-state index in [0.29, 0.717) is 0 Å². The Morgan fingerprint density at radius 2 is 1.24 bits per heavy atom. The highest BCUT2D eigenvalue weighted by Gasteiger charge is 2.30. The molecule has 154 valence electrons. The summed E-state index contributed by atoms with van der Waals surface area (Å²) in [6.07, 6.45) is 16.3. The molecule has 0 radical (unpaired) electrons. The maximum absolute atomic E-state index is 6.00. The van der Waals surface area contributed by atoms with Crippen molar-refractivity contribution in [3.8, 4) is 11.1 Å². The number of halogens is 1. The number of hydrogen-bond donors (Lipinski definition) is 0. The third kappa shape index (κ3) is 5.54. The molecule has 2 aliphatic carbocycles. The van der Waals surface area contributed by atoms with Crippen LogP contribution in [0.4, 0.5) is 0 Å². The van der Waals surface area contributed by atoms with Crippen LogP contribution in [0.5, 0.6) is 0 Å². The molecular weight excluding hydrogens is 372 g/mol. The standard InChI is InChI=1S/C28H35Cl/c1-2-21-5-11-24(12-6-21)25-13-7-22(8-14-25)3-4-23-9-15-26(16-10-23)27-17-19-28(29)20-18-27/h2,9-10,15-22,24-25H,1,3-8,11-14H2. The van der Waals surface area contributed by atoms with Crippen LogP contribution in [0, 0.1) is 23.7 Å². The summed E-state index contributed by atoms with van der Waals surface area (Å²) >= 11 is 6.00. The predicted molar refractivity (Wildman–Crippen MR) is 126 cm³/mol. The molecule has 0 saturated heterocycles. The molecule has 1 heteroatoms. The van der Waals surface area contributed by atoms with Gasteiger partial charge in [0.1, 0.15) is 0 Å². The summed E-state index contributed by atoms with van der Waals surface area (Å²) in [5, 5.41) is 0.796. The monoisotopic (exact) mass is 406 g/mol. The summed E-state index contributed by atoms with van der Waals surface area (Å²) in [5.41, 5.74) is 3.99. The summed E-state index contributed by atoms with van der Waals surface area (Å²) in [6, 6.07) is 17.3. The minimum atomic E-state index is 0.796. The molecule has 0 N–H and O–H groups in total. The van der Waals surface area contributed by atoms with Crippen LogP contribution in [0.2, 0.25) is 5.02 Å². The molecule has 0 unspecified atom stereocenters. The van der Waals surface area contributed by atoms with Gasteiger partial charge in [0.25, 0.3) is 0 Å². The van der Waals surface area contributed by atoms with E-state index in [1.165, 1.54) is 80.9 Å². The van der Waals surface area contributed by atoms with Crippen molar-refractivity contribution in [2.45, 2.75) is 64.2 Å². The van der Waals surface area contributed by atoms with Gasteiger partial charge in [0.05, 0.1) is 0 Å². The second-order valence-corrected chi connectivity index (χ2v) is 9.87. The summed E-state index contributed by atoms with van der Waals surface area (Å²) in [6.45, 7) is 4.00. The van der Waals surface area contributed by atoms with Gasteiger partial charge < -0.3 is 0 Å². The topological polar surface area (TPSA) is 0 Å². The minimum absolute atomic E-state index is 0.796. The smallest absolute Gasteiger partial charge is 0.0406 e. The van der Waals surface area contributed by atoms with Gasteiger partial charge >= 0.3 is 0 Å². The van der Waals surface area contributed by atoms with Gasteiger partial charge in [0.15, 0.2) is 0 Å². The highest BCUT2D eigenvalue weighted by Crippen LogP contribution is 2.42. The van der Waals surface area contributed by atoms with Crippen molar-refractivity contribution < 1.29 is 0 Å². The Bertz CT molecular complexity index is 757. The second-order valence-electron chi connectivity index (χ2n) is 9.43. The molecule has 0 spiro atoms. The first-order valence-corrected chi connectivity index (χ1v) is 12.1. The molecule has 0 aromatic heterocycles. The fourth-order valence-electron chi connectivity index (χ4n) is 5.68. The van der Waals surface area contributed by atoms with Gasteiger partial charge in [0, 0.05) is 5.02 Å². The van der Waals surface area contributed by atoms with Crippen molar-refractivity contribution in [3.63, 3.8) is 0 Å². The van der Waals surface area contributed by atoms with Crippen LogP contribution in [-0.2, 0) is 6.42 Å². The minimum Gasteiger partial charge on any atom is -0.103 e. The quantitative estimate of drug-likeness (QED) is 0.420. The Balaban J connectivity index is 1.21. The Hall–Kier alpha value is -1.53. The zero-order valence-corrected chi connectivity index (χ0v) is 18.4. The summed E-state index contributed by atoms with van der Waals surface area (Å²) in [7, 11) is 0. The van der Waals surface area contributed by atoms with Crippen molar-refractivity contribution in [1.82, 2.24) is 0 Å². The largest absolute Gasteiger partial charge is 0.103 e. The first-order valence-electron chi connectivity index (χ1n) is 11.7. The van der Waals surface area contributed by atoms with Crippen LogP contribution < -0.4 is 0 Å². The zero-order valence-electron chi connectivity index (χ0n) is 17.7. The van der Waals surface area contributed by atoms with Gasteiger partial charge in [-0.05, 0) is 104 Å². The molecule has 0 nitrogen and oxygen atoms in total. The lowest BCUT2D eigenvalue weighted by Crippen LogP contribution is -2.25. The summed E-state index contributed by atoms with van der Waals surface area (Å²) in [4.78, 5) is 0. The van der Waals surface area contributed by atoms with E-state index in [0.717, 1.165) is 28.7 Å². The number of allylic oxidation sites excluding steroid dienone is 1. The van der Waals surface area contributed by atoms with E-state index in [4.69, 9.17) is 11.6 Å². The fraction of sp³-hybridized carbons (Fsp3) is 0.500. The van der Waals surface area contributed by atoms with E-state index >= 15 is 0 Å². The summed E-state index contributed by atoms with van der Waals surface area (Å²) in [5.74, 6) is 3.75. The number of hydrogen-bond acceptors (Lipinski definition) is 0. The van der Waals surface area contributed by atoms with Crippen LogP contribution in [0.25, 0.3) is 11.1 Å². The third-order valence-corrected chi connectivity index (χ3v) is 7.93. The highest BCUT2D eigenvalue weighted by atomic mass is 35.5. The van der Waals surface area contributed by atoms with Crippen molar-refractivity contribution in [2.75, 3.05) is 0 Å². The van der Waals surface area contributed by atoms with Crippen LogP contribution in [0.15, 0.2) is 61.2 Å². The third-order valence-electron chi connectivity index (χ3n) is 7.68. The Labute approximate surface area is 182 Å². The zero-order chi connectivity index (χ0) is 20.1. The molecule has 2 fully saturated rings. The Morgan fingerprint density at radius 1 is 0.724 bits per heavy atom. The predicted octanol–water partition coefficient (Wildman–Crippen LogP) is 8.74. The van der Waals surface area contributed by atoms with Gasteiger partial charge in [-0.2, -0.15) is 0 Å². The first-order chi connectivity index (χ1) is 14.2. The molecule has 4 rings (SSSR count). The van der Waals surface area contributed by atoms with Crippen molar-refractivity contribution >= 4 is 11.6 Å². The number of aryl methyl sites for hydroxylation is 1. The molecule has 0 atom stereocenters. The molecule has 29 heavy (non-hydrogen) atoms. The fourth-order valence-corrected chi connectivity index (χ4v) is 5.80. The average molecular weight is 407 g/mol. The maximum Gasteiger partial charge on any atom is 0.0406 e. The second kappa shape index (κ2) is 9.98. The van der Waals surface area contributed by atoms with E-state index in [9.17, 15) is 0 Å². The van der Waals surface area contributed by atoms with Crippen molar-refractivity contribution in [3.05, 3.63) is 71.8 Å². The van der Waals surface area contributed by atoms with Crippen LogP contribution in [0.3, 0.4) is 0 Å². The van der Waals surface area contributed by atoms with E-state index in [1.807, 2.05) is 12.1 Å². The Morgan fingerprint density at radius 3 is 1.79 bits per heavy atom. The van der Waals surface area contributed by atoms with Gasteiger partial charge in [-0.1, -0.05) is 66.9 Å². The molecular formula is C28H35Cl. The van der Waals surface area contributed by atoms with E-state index in [1.54, 1.807) is 0 Å². The normalized spacial score (nSPS) is 27.5. The van der Waals surface area contributed by atoms with Crippen LogP contribution in [-0.4, -0.2) is 0 Å².